The van der Waals surface area contributed by atoms with Crippen LogP contribution in [0.25, 0.3) is 16.8 Å². The lowest BCUT2D eigenvalue weighted by Gasteiger charge is -2.28. The van der Waals surface area contributed by atoms with E-state index in [1.165, 1.54) is 20.1 Å². The molecule has 4 aromatic rings. The molecule has 10 heteroatoms. The quantitative estimate of drug-likeness (QED) is 0.473. The van der Waals surface area contributed by atoms with Crippen molar-refractivity contribution in [2.24, 2.45) is 0 Å². The molecule has 8 nitrogen and oxygen atoms in total. The molecular formula is C24H24F2N6O2. The Morgan fingerprint density at radius 2 is 2.09 bits per heavy atom. The maximum absolute atomic E-state index is 14.3. The lowest BCUT2D eigenvalue weighted by atomic mass is 9.98. The zero-order valence-corrected chi connectivity index (χ0v) is 19.0. The van der Waals surface area contributed by atoms with Gasteiger partial charge in [-0.2, -0.15) is 5.10 Å². The Balaban J connectivity index is 1.56. The van der Waals surface area contributed by atoms with Crippen LogP contribution in [0.4, 0.5) is 20.3 Å². The first kappa shape index (κ1) is 21.9. The number of nitrogens with one attached hydrogen (secondary N) is 1. The Kier molecular flexibility index (Phi) is 5.43. The van der Waals surface area contributed by atoms with Gasteiger partial charge in [-0.1, -0.05) is 6.07 Å². The first-order chi connectivity index (χ1) is 16.4. The van der Waals surface area contributed by atoms with E-state index >= 15 is 0 Å². The van der Waals surface area contributed by atoms with Crippen LogP contribution in [0.15, 0.2) is 42.9 Å². The van der Waals surface area contributed by atoms with Crippen LogP contribution < -0.4 is 9.64 Å². The third-order valence-electron chi connectivity index (χ3n) is 6.34. The van der Waals surface area contributed by atoms with Crippen molar-refractivity contribution in [3.8, 4) is 16.9 Å². The molecule has 1 amide bonds. The second kappa shape index (κ2) is 8.44. The normalized spacial score (nSPS) is 13.4. The maximum Gasteiger partial charge on any atom is 0.264 e. The minimum Gasteiger partial charge on any atom is -0.495 e. The fourth-order valence-electron chi connectivity index (χ4n) is 4.45. The van der Waals surface area contributed by atoms with Crippen LogP contribution in [0.5, 0.6) is 5.75 Å². The first-order valence-electron chi connectivity index (χ1n) is 10.9. The molecule has 1 aliphatic rings. The number of hydrogen-bond acceptors (Lipinski definition) is 5. The van der Waals surface area contributed by atoms with E-state index in [0.29, 0.717) is 53.5 Å². The topological polar surface area (TPSA) is 78.8 Å². The van der Waals surface area contributed by atoms with Gasteiger partial charge in [-0.05, 0) is 23.8 Å². The highest BCUT2D eigenvalue weighted by atomic mass is 19.3. The van der Waals surface area contributed by atoms with Crippen LogP contribution in [0.3, 0.4) is 0 Å². The molecule has 0 spiro atoms. The van der Waals surface area contributed by atoms with Gasteiger partial charge in [0.15, 0.2) is 5.82 Å². The van der Waals surface area contributed by atoms with Gasteiger partial charge in [0, 0.05) is 67.4 Å². The van der Waals surface area contributed by atoms with Crippen molar-refractivity contribution >= 4 is 23.1 Å². The number of pyridine rings is 1. The van der Waals surface area contributed by atoms with Crippen molar-refractivity contribution in [1.29, 1.82) is 0 Å². The third kappa shape index (κ3) is 3.64. The molecule has 1 aliphatic heterocycles. The van der Waals surface area contributed by atoms with Crippen LogP contribution in [0, 0.1) is 0 Å². The van der Waals surface area contributed by atoms with Gasteiger partial charge in [-0.25, -0.2) is 13.8 Å². The number of nitrogens with zero attached hydrogens (tertiary/aromatic N) is 5. The van der Waals surface area contributed by atoms with E-state index in [9.17, 15) is 13.6 Å². The Labute approximate surface area is 194 Å². The summed E-state index contributed by atoms with van der Waals surface area (Å²) in [5.41, 5.74) is 3.86. The van der Waals surface area contributed by atoms with Gasteiger partial charge in [-0.15, -0.1) is 0 Å². The predicted octanol–water partition coefficient (Wildman–Crippen LogP) is 4.34. The van der Waals surface area contributed by atoms with Crippen LogP contribution in [-0.2, 0) is 17.8 Å². The molecule has 0 atom stereocenters. The van der Waals surface area contributed by atoms with Gasteiger partial charge in [0.05, 0.1) is 19.9 Å². The minimum atomic E-state index is -2.70. The van der Waals surface area contributed by atoms with E-state index in [2.05, 4.69) is 15.2 Å². The van der Waals surface area contributed by atoms with E-state index in [1.807, 2.05) is 0 Å². The number of alkyl halides is 2. The molecule has 0 saturated heterocycles. The molecule has 0 radical (unpaired) electrons. The number of aromatic nitrogens is 4. The SMILES string of the molecule is COc1cn2ccnc2cc1-c1ccc(N(C)c2n[nH]c3c2CN(C(C)=O)CC3)cc1C(F)F. The average Bonchev–Trinajstić information content (AvgIpc) is 3.48. The summed E-state index contributed by atoms with van der Waals surface area (Å²) in [5.74, 6) is 1.08. The third-order valence-corrected chi connectivity index (χ3v) is 6.34. The summed E-state index contributed by atoms with van der Waals surface area (Å²) in [4.78, 5) is 19.7. The number of anilines is 2. The molecule has 4 heterocycles. The average molecular weight is 466 g/mol. The van der Waals surface area contributed by atoms with Crippen molar-refractivity contribution in [3.63, 3.8) is 0 Å². The maximum atomic E-state index is 14.3. The van der Waals surface area contributed by atoms with Crippen molar-refractivity contribution in [3.05, 3.63) is 59.7 Å². The van der Waals surface area contributed by atoms with E-state index in [0.717, 1.165) is 11.3 Å². The van der Waals surface area contributed by atoms with Crippen LogP contribution in [0.2, 0.25) is 0 Å². The van der Waals surface area contributed by atoms with Crippen molar-refractivity contribution in [2.45, 2.75) is 26.3 Å². The molecule has 1 N–H and O–H groups in total. The molecule has 176 valence electrons. The van der Waals surface area contributed by atoms with Crippen LogP contribution in [-0.4, -0.2) is 51.1 Å². The van der Waals surface area contributed by atoms with E-state index in [-0.39, 0.29) is 11.5 Å². The molecule has 3 aromatic heterocycles. The van der Waals surface area contributed by atoms with E-state index in [1.54, 1.807) is 58.0 Å². The summed E-state index contributed by atoms with van der Waals surface area (Å²) in [5, 5.41) is 7.46. The minimum absolute atomic E-state index is 0.00631. The molecular weight excluding hydrogens is 442 g/mol. The number of imidazole rings is 1. The molecule has 0 unspecified atom stereocenters. The number of halogens is 2. The number of carbonyl (C=O) groups excluding carboxylic acids is 1. The second-order valence-electron chi connectivity index (χ2n) is 8.27. The number of methoxy groups -OCH3 is 1. The Morgan fingerprint density at radius 1 is 1.26 bits per heavy atom. The second-order valence-corrected chi connectivity index (χ2v) is 8.27. The predicted molar refractivity (Wildman–Crippen MR) is 124 cm³/mol. The van der Waals surface area contributed by atoms with E-state index in [4.69, 9.17) is 4.74 Å². The number of carbonyl (C=O) groups is 1. The molecule has 1 aromatic carbocycles. The summed E-state index contributed by atoms with van der Waals surface area (Å²) >= 11 is 0. The van der Waals surface area contributed by atoms with Gasteiger partial charge >= 0.3 is 0 Å². The van der Waals surface area contributed by atoms with Gasteiger partial charge in [-0.3, -0.25) is 9.89 Å². The monoisotopic (exact) mass is 466 g/mol. The molecule has 0 saturated carbocycles. The Morgan fingerprint density at radius 3 is 2.82 bits per heavy atom. The van der Waals surface area contributed by atoms with Gasteiger partial charge < -0.3 is 18.9 Å². The highest BCUT2D eigenvalue weighted by molar-refractivity contribution is 5.79. The van der Waals surface area contributed by atoms with Gasteiger partial charge in [0.2, 0.25) is 5.91 Å². The molecule has 0 fully saturated rings. The van der Waals surface area contributed by atoms with Crippen molar-refractivity contribution in [2.75, 3.05) is 25.6 Å². The summed E-state index contributed by atoms with van der Waals surface area (Å²) in [6, 6.07) is 6.67. The number of H-pyrrole nitrogens is 1. The standard InChI is InChI=1S/C24H24F2N6O2/c1-14(33)31-8-6-20-19(12-31)24(29-28-20)30(2)15-4-5-16(18(10-15)23(25)26)17-11-22-27-7-9-32(22)13-21(17)34-3/h4-5,7,9-11,13,23H,6,8,12H2,1-3H3,(H,28,29). The highest BCUT2D eigenvalue weighted by Gasteiger charge is 2.26. The molecule has 0 bridgehead atoms. The zero-order valence-electron chi connectivity index (χ0n) is 19.0. The van der Waals surface area contributed by atoms with Crippen molar-refractivity contribution < 1.29 is 18.3 Å². The highest BCUT2D eigenvalue weighted by Crippen LogP contribution is 2.40. The lowest BCUT2D eigenvalue weighted by molar-refractivity contribution is -0.129. The van der Waals surface area contributed by atoms with Crippen molar-refractivity contribution in [1.82, 2.24) is 24.5 Å². The summed E-state index contributed by atoms with van der Waals surface area (Å²) in [6.45, 7) is 2.60. The Hall–Kier alpha value is -3.95. The number of ether oxygens (including phenoxy) is 1. The molecule has 0 aliphatic carbocycles. The van der Waals surface area contributed by atoms with E-state index < -0.39 is 6.43 Å². The molecule has 34 heavy (non-hydrogen) atoms. The smallest absolute Gasteiger partial charge is 0.264 e. The largest absolute Gasteiger partial charge is 0.495 e. The number of amides is 1. The number of fused-ring (bicyclic) bond motifs is 2. The fourth-order valence-corrected chi connectivity index (χ4v) is 4.45. The van der Waals surface area contributed by atoms with Gasteiger partial charge in [0.1, 0.15) is 11.4 Å². The fraction of sp³-hybridized carbons (Fsp3) is 0.292. The summed E-state index contributed by atoms with van der Waals surface area (Å²) in [6.07, 6.45) is 3.11. The van der Waals surface area contributed by atoms with Crippen LogP contribution in [0.1, 0.15) is 30.2 Å². The van der Waals surface area contributed by atoms with Crippen LogP contribution >= 0.6 is 0 Å². The summed E-state index contributed by atoms with van der Waals surface area (Å²) < 4.78 is 35.8. The zero-order chi connectivity index (χ0) is 24.0. The van der Waals surface area contributed by atoms with Gasteiger partial charge in [0.25, 0.3) is 6.43 Å². The number of rotatable bonds is 5. The number of aromatic amines is 1. The Bertz CT molecular complexity index is 1380. The number of hydrogen-bond donors (Lipinski definition) is 1. The first-order valence-corrected chi connectivity index (χ1v) is 10.9. The number of benzene rings is 1. The molecule has 5 rings (SSSR count). The summed E-state index contributed by atoms with van der Waals surface area (Å²) in [7, 11) is 3.29. The lowest BCUT2D eigenvalue weighted by Crippen LogP contribution is -2.34.